The van der Waals surface area contributed by atoms with E-state index in [1.54, 1.807) is 6.07 Å². The Hall–Kier alpha value is -2.56. The van der Waals surface area contributed by atoms with Crippen molar-refractivity contribution in [2.45, 2.75) is 13.8 Å². The molecule has 1 aromatic carbocycles. The summed E-state index contributed by atoms with van der Waals surface area (Å²) in [5, 5.41) is 3.16. The molecular weight excluding hydrogens is 240 g/mol. The van der Waals surface area contributed by atoms with Gasteiger partial charge < -0.3 is 16.8 Å². The summed E-state index contributed by atoms with van der Waals surface area (Å²) in [6, 6.07) is 9.08. The third-order valence-corrected chi connectivity index (χ3v) is 2.90. The van der Waals surface area contributed by atoms with Crippen molar-refractivity contribution < 1.29 is 4.79 Å². The summed E-state index contributed by atoms with van der Waals surface area (Å²) < 4.78 is 0. The maximum atomic E-state index is 11.1. The van der Waals surface area contributed by atoms with E-state index in [0.29, 0.717) is 11.5 Å². The fraction of sp³-hybridized carbons (Fsp3) is 0.143. The molecule has 5 nitrogen and oxygen atoms in total. The van der Waals surface area contributed by atoms with Crippen molar-refractivity contribution in [1.82, 2.24) is 4.98 Å². The molecule has 0 bridgehead atoms. The van der Waals surface area contributed by atoms with Crippen LogP contribution in [0.25, 0.3) is 0 Å². The van der Waals surface area contributed by atoms with E-state index in [9.17, 15) is 4.79 Å². The molecule has 0 fully saturated rings. The monoisotopic (exact) mass is 256 g/mol. The first-order chi connectivity index (χ1) is 8.99. The van der Waals surface area contributed by atoms with Crippen LogP contribution in [0, 0.1) is 13.8 Å². The van der Waals surface area contributed by atoms with Crippen molar-refractivity contribution in [1.29, 1.82) is 0 Å². The lowest BCUT2D eigenvalue weighted by Crippen LogP contribution is -2.14. The van der Waals surface area contributed by atoms with Gasteiger partial charge in [-0.2, -0.15) is 0 Å². The van der Waals surface area contributed by atoms with Gasteiger partial charge in [-0.1, -0.05) is 18.2 Å². The number of nitrogens with two attached hydrogens (primary N) is 2. The first-order valence-corrected chi connectivity index (χ1v) is 5.88. The molecule has 19 heavy (non-hydrogen) atoms. The fourth-order valence-corrected chi connectivity index (χ4v) is 1.84. The molecule has 0 saturated carbocycles. The Labute approximate surface area is 111 Å². The largest absolute Gasteiger partial charge is 0.396 e. The number of nitrogens with zero attached hydrogens (tertiary/aromatic N) is 1. The van der Waals surface area contributed by atoms with Crippen LogP contribution in [-0.4, -0.2) is 10.9 Å². The molecule has 0 aliphatic carbocycles. The summed E-state index contributed by atoms with van der Waals surface area (Å²) in [5.41, 5.74) is 14.8. The van der Waals surface area contributed by atoms with Gasteiger partial charge in [-0.3, -0.25) is 4.79 Å². The van der Waals surface area contributed by atoms with E-state index in [1.165, 1.54) is 6.07 Å². The Kier molecular flexibility index (Phi) is 3.37. The number of aromatic nitrogens is 1. The Morgan fingerprint density at radius 2 is 1.79 bits per heavy atom. The third-order valence-electron chi connectivity index (χ3n) is 2.90. The summed E-state index contributed by atoms with van der Waals surface area (Å²) in [6.45, 7) is 3.98. The van der Waals surface area contributed by atoms with Gasteiger partial charge in [0.15, 0.2) is 5.82 Å². The third kappa shape index (κ3) is 2.65. The number of hydrogen-bond acceptors (Lipinski definition) is 4. The molecule has 0 saturated heterocycles. The SMILES string of the molecule is Cc1cccc(C)c1Nc1nc(C(N)=O)ccc1N. The number of nitrogens with one attached hydrogen (secondary N) is 1. The van der Waals surface area contributed by atoms with Crippen molar-refractivity contribution in [2.75, 3.05) is 11.1 Å². The van der Waals surface area contributed by atoms with Gasteiger partial charge in [-0.25, -0.2) is 4.98 Å². The van der Waals surface area contributed by atoms with E-state index < -0.39 is 5.91 Å². The number of rotatable bonds is 3. The molecule has 1 heterocycles. The van der Waals surface area contributed by atoms with E-state index in [0.717, 1.165) is 16.8 Å². The minimum Gasteiger partial charge on any atom is -0.396 e. The Morgan fingerprint density at radius 1 is 1.16 bits per heavy atom. The molecule has 0 atom stereocenters. The topological polar surface area (TPSA) is 94.0 Å². The van der Waals surface area contributed by atoms with Gasteiger partial charge >= 0.3 is 0 Å². The van der Waals surface area contributed by atoms with Gasteiger partial charge in [0.05, 0.1) is 5.69 Å². The zero-order valence-corrected chi connectivity index (χ0v) is 10.9. The van der Waals surface area contributed by atoms with Crippen molar-refractivity contribution in [2.24, 2.45) is 5.73 Å². The minimum atomic E-state index is -0.579. The highest BCUT2D eigenvalue weighted by Gasteiger charge is 2.09. The van der Waals surface area contributed by atoms with Crippen LogP contribution in [0.5, 0.6) is 0 Å². The van der Waals surface area contributed by atoms with Crippen LogP contribution in [0.15, 0.2) is 30.3 Å². The van der Waals surface area contributed by atoms with Gasteiger partial charge in [-0.05, 0) is 37.1 Å². The number of benzene rings is 1. The summed E-state index contributed by atoms with van der Waals surface area (Å²) in [4.78, 5) is 15.3. The molecule has 1 amide bonds. The summed E-state index contributed by atoms with van der Waals surface area (Å²) in [5.74, 6) is -0.141. The highest BCUT2D eigenvalue weighted by Crippen LogP contribution is 2.26. The maximum Gasteiger partial charge on any atom is 0.267 e. The summed E-state index contributed by atoms with van der Waals surface area (Å²) >= 11 is 0. The smallest absolute Gasteiger partial charge is 0.267 e. The number of carbonyl (C=O) groups excluding carboxylic acids is 1. The van der Waals surface area contributed by atoms with Crippen LogP contribution < -0.4 is 16.8 Å². The lowest BCUT2D eigenvalue weighted by molar-refractivity contribution is 0.0996. The lowest BCUT2D eigenvalue weighted by atomic mass is 10.1. The molecule has 0 aliphatic heterocycles. The average molecular weight is 256 g/mol. The molecule has 98 valence electrons. The second-order valence-electron chi connectivity index (χ2n) is 4.39. The van der Waals surface area contributed by atoms with Crippen molar-refractivity contribution in [3.8, 4) is 0 Å². The highest BCUT2D eigenvalue weighted by molar-refractivity contribution is 5.92. The quantitative estimate of drug-likeness (QED) is 0.784. The first-order valence-electron chi connectivity index (χ1n) is 5.88. The summed E-state index contributed by atoms with van der Waals surface area (Å²) in [6.07, 6.45) is 0. The number of anilines is 3. The van der Waals surface area contributed by atoms with Crippen molar-refractivity contribution in [3.63, 3.8) is 0 Å². The molecular formula is C14H16N4O. The molecule has 1 aromatic heterocycles. The number of hydrogen-bond donors (Lipinski definition) is 3. The van der Waals surface area contributed by atoms with Crippen LogP contribution in [0.4, 0.5) is 17.2 Å². The van der Waals surface area contributed by atoms with E-state index >= 15 is 0 Å². The van der Waals surface area contributed by atoms with E-state index in [4.69, 9.17) is 11.5 Å². The Balaban J connectivity index is 2.43. The molecule has 0 radical (unpaired) electrons. The van der Waals surface area contributed by atoms with Crippen LogP contribution >= 0.6 is 0 Å². The summed E-state index contributed by atoms with van der Waals surface area (Å²) in [7, 11) is 0. The van der Waals surface area contributed by atoms with Crippen LogP contribution in [0.3, 0.4) is 0 Å². The molecule has 5 heteroatoms. The number of pyridine rings is 1. The molecule has 2 rings (SSSR count). The van der Waals surface area contributed by atoms with Crippen molar-refractivity contribution >= 4 is 23.1 Å². The van der Waals surface area contributed by atoms with Crippen LogP contribution in [0.2, 0.25) is 0 Å². The number of para-hydroxylation sites is 1. The first kappa shape index (κ1) is 12.9. The van der Waals surface area contributed by atoms with Crippen LogP contribution in [-0.2, 0) is 0 Å². The van der Waals surface area contributed by atoms with Crippen LogP contribution in [0.1, 0.15) is 21.6 Å². The van der Waals surface area contributed by atoms with Gasteiger partial charge in [0.25, 0.3) is 5.91 Å². The van der Waals surface area contributed by atoms with Gasteiger partial charge in [0, 0.05) is 5.69 Å². The van der Waals surface area contributed by atoms with Gasteiger partial charge in [0.1, 0.15) is 5.69 Å². The normalized spacial score (nSPS) is 10.2. The predicted molar refractivity (Wildman–Crippen MR) is 76.4 cm³/mol. The Morgan fingerprint density at radius 3 is 2.37 bits per heavy atom. The molecule has 2 aromatic rings. The fourth-order valence-electron chi connectivity index (χ4n) is 1.84. The zero-order valence-electron chi connectivity index (χ0n) is 10.9. The second-order valence-corrected chi connectivity index (χ2v) is 4.39. The van der Waals surface area contributed by atoms with Gasteiger partial charge in [-0.15, -0.1) is 0 Å². The minimum absolute atomic E-state index is 0.183. The lowest BCUT2D eigenvalue weighted by Gasteiger charge is -2.13. The molecule has 0 aliphatic rings. The second kappa shape index (κ2) is 4.97. The van der Waals surface area contributed by atoms with E-state index in [1.807, 2.05) is 32.0 Å². The number of carbonyl (C=O) groups is 1. The number of nitrogen functional groups attached to an aromatic ring is 1. The highest BCUT2D eigenvalue weighted by atomic mass is 16.1. The van der Waals surface area contributed by atoms with E-state index in [2.05, 4.69) is 10.3 Å². The zero-order chi connectivity index (χ0) is 14.0. The number of primary amides is 1. The van der Waals surface area contributed by atoms with Crippen molar-refractivity contribution in [3.05, 3.63) is 47.2 Å². The maximum absolute atomic E-state index is 11.1. The number of amides is 1. The predicted octanol–water partition coefficient (Wildman–Crippen LogP) is 2.12. The molecule has 0 spiro atoms. The molecule has 5 N–H and O–H groups in total. The molecule has 0 unspecified atom stereocenters. The Bertz CT molecular complexity index is 617. The standard InChI is InChI=1S/C14H16N4O/c1-8-4-3-5-9(2)12(8)18-14-10(15)6-7-11(17-14)13(16)19/h3-7H,15H2,1-2H3,(H2,16,19)(H,17,18). The number of aryl methyl sites for hydroxylation is 2. The van der Waals surface area contributed by atoms with E-state index in [-0.39, 0.29) is 5.69 Å². The van der Waals surface area contributed by atoms with Gasteiger partial charge in [0.2, 0.25) is 0 Å². The average Bonchev–Trinajstić information content (AvgIpc) is 2.35.